The second-order valence-electron chi connectivity index (χ2n) is 8.59. The van der Waals surface area contributed by atoms with Gasteiger partial charge in [-0.05, 0) is 38.8 Å². The zero-order valence-electron chi connectivity index (χ0n) is 19.6. The molecule has 1 saturated heterocycles. The number of unbranched alkanes of at least 4 members (excludes halogenated alkanes) is 3. The molecular formula is C23H38N4O6. The number of anilines is 1. The molecule has 0 unspecified atom stereocenters. The lowest BCUT2D eigenvalue weighted by Crippen LogP contribution is -2.62. The van der Waals surface area contributed by atoms with Gasteiger partial charge >= 0.3 is 0 Å². The Morgan fingerprint density at radius 2 is 1.94 bits per heavy atom. The van der Waals surface area contributed by atoms with Crippen molar-refractivity contribution in [1.29, 1.82) is 0 Å². The number of hydrogen-bond acceptors (Lipinski definition) is 9. The van der Waals surface area contributed by atoms with Crippen LogP contribution in [0.1, 0.15) is 51.5 Å². The number of hydrogen-bond donors (Lipinski definition) is 5. The van der Waals surface area contributed by atoms with Crippen LogP contribution in [0.4, 0.5) is 11.4 Å². The van der Waals surface area contributed by atoms with E-state index in [0.29, 0.717) is 25.3 Å². The van der Waals surface area contributed by atoms with Crippen molar-refractivity contribution in [3.63, 3.8) is 0 Å². The Labute approximate surface area is 195 Å². The Morgan fingerprint density at radius 1 is 1.21 bits per heavy atom. The molecule has 0 saturated carbocycles. The van der Waals surface area contributed by atoms with Crippen LogP contribution in [-0.4, -0.2) is 93.1 Å². The van der Waals surface area contributed by atoms with Gasteiger partial charge in [0.15, 0.2) is 0 Å². The van der Waals surface area contributed by atoms with Crippen LogP contribution < -0.4 is 5.32 Å². The van der Waals surface area contributed by atoms with E-state index < -0.39 is 24.4 Å². The van der Waals surface area contributed by atoms with Gasteiger partial charge in [-0.3, -0.25) is 20.0 Å². The highest BCUT2D eigenvalue weighted by Gasteiger charge is 2.40. The van der Waals surface area contributed by atoms with Crippen molar-refractivity contribution in [2.45, 2.75) is 70.3 Å². The number of benzene rings is 1. The van der Waals surface area contributed by atoms with Crippen LogP contribution in [0.5, 0.6) is 0 Å². The quantitative estimate of drug-likeness (QED) is 0.127. The average Bonchev–Trinajstić information content (AvgIpc) is 2.80. The van der Waals surface area contributed by atoms with Gasteiger partial charge in [0.1, 0.15) is 17.9 Å². The zero-order chi connectivity index (χ0) is 24.4. The summed E-state index contributed by atoms with van der Waals surface area (Å²) in [5, 5.41) is 53.8. The normalized spacial score (nSPS) is 24.1. The van der Waals surface area contributed by atoms with E-state index in [4.69, 9.17) is 0 Å². The van der Waals surface area contributed by atoms with Crippen molar-refractivity contribution < 1.29 is 25.3 Å². The molecule has 1 aromatic carbocycles. The van der Waals surface area contributed by atoms with Gasteiger partial charge in [0, 0.05) is 37.0 Å². The molecule has 1 aliphatic heterocycles. The molecule has 0 aromatic heterocycles. The number of aliphatic imine (C=N–C) groups is 1. The Hall–Kier alpha value is -2.11. The second kappa shape index (κ2) is 13.6. The summed E-state index contributed by atoms with van der Waals surface area (Å²) in [7, 11) is 0. The summed E-state index contributed by atoms with van der Waals surface area (Å²) >= 11 is 0. The third kappa shape index (κ3) is 7.72. The van der Waals surface area contributed by atoms with E-state index in [1.807, 2.05) is 24.8 Å². The number of likely N-dealkylation sites (tertiary alicyclic amines) is 1. The highest BCUT2D eigenvalue weighted by atomic mass is 16.6. The third-order valence-corrected chi connectivity index (χ3v) is 6.09. The van der Waals surface area contributed by atoms with E-state index in [1.54, 1.807) is 12.1 Å². The molecule has 0 radical (unpaired) electrons. The third-order valence-electron chi connectivity index (χ3n) is 6.09. The zero-order valence-corrected chi connectivity index (χ0v) is 19.6. The molecule has 0 aliphatic carbocycles. The molecule has 0 amide bonds. The minimum Gasteiger partial charge on any atom is -0.395 e. The van der Waals surface area contributed by atoms with Gasteiger partial charge in [-0.2, -0.15) is 0 Å². The van der Waals surface area contributed by atoms with E-state index >= 15 is 0 Å². The average molecular weight is 467 g/mol. The number of aliphatic hydroxyl groups excluding tert-OH is 4. The molecule has 1 aromatic rings. The molecule has 10 nitrogen and oxygen atoms in total. The molecule has 10 heteroatoms. The van der Waals surface area contributed by atoms with Crippen LogP contribution in [0.15, 0.2) is 23.2 Å². The van der Waals surface area contributed by atoms with Crippen molar-refractivity contribution in [2.24, 2.45) is 4.99 Å². The Kier molecular flexibility index (Phi) is 11.2. The lowest BCUT2D eigenvalue weighted by molar-refractivity contribution is -0.384. The fraction of sp³-hybridized carbons (Fsp3) is 0.696. The first-order chi connectivity index (χ1) is 15.8. The predicted molar refractivity (Wildman–Crippen MR) is 128 cm³/mol. The summed E-state index contributed by atoms with van der Waals surface area (Å²) in [6.45, 7) is 5.73. The van der Waals surface area contributed by atoms with E-state index in [1.165, 1.54) is 0 Å². The van der Waals surface area contributed by atoms with Crippen LogP contribution in [-0.2, 0) is 0 Å². The molecule has 186 valence electrons. The SMILES string of the molecule is CCCN=C(C)c1ccc(NCCCCCCN2C[C@H](O)[C@@H](O)[C@H](O)[C@H]2CO)c([N+](=O)[O-])c1. The van der Waals surface area contributed by atoms with Gasteiger partial charge in [0.05, 0.1) is 23.7 Å². The van der Waals surface area contributed by atoms with Gasteiger partial charge < -0.3 is 25.7 Å². The molecule has 0 spiro atoms. The smallest absolute Gasteiger partial charge is 0.292 e. The van der Waals surface area contributed by atoms with Crippen LogP contribution in [0.3, 0.4) is 0 Å². The van der Waals surface area contributed by atoms with Crippen LogP contribution in [0.2, 0.25) is 0 Å². The number of β-amino-alcohol motifs (C(OH)–C–C–N with tert-alkyl or cyclic N) is 1. The largest absolute Gasteiger partial charge is 0.395 e. The molecule has 1 fully saturated rings. The van der Waals surface area contributed by atoms with Crippen molar-refractivity contribution in [1.82, 2.24) is 4.90 Å². The number of rotatable bonds is 13. The lowest BCUT2D eigenvalue weighted by Gasteiger charge is -2.43. The minimum atomic E-state index is -1.24. The predicted octanol–water partition coefficient (Wildman–Crippen LogP) is 1.55. The van der Waals surface area contributed by atoms with Gasteiger partial charge in [-0.1, -0.05) is 25.8 Å². The van der Waals surface area contributed by atoms with Crippen molar-refractivity contribution in [2.75, 3.05) is 38.1 Å². The first-order valence-electron chi connectivity index (χ1n) is 11.7. The molecule has 0 bridgehead atoms. The molecule has 1 heterocycles. The van der Waals surface area contributed by atoms with Crippen LogP contribution >= 0.6 is 0 Å². The summed E-state index contributed by atoms with van der Waals surface area (Å²) in [5.74, 6) is 0. The van der Waals surface area contributed by atoms with E-state index in [0.717, 1.165) is 43.4 Å². The molecule has 5 N–H and O–H groups in total. The maximum atomic E-state index is 11.5. The number of aliphatic hydroxyl groups is 4. The number of nitrogens with one attached hydrogen (secondary N) is 1. The van der Waals surface area contributed by atoms with Crippen molar-refractivity contribution in [3.8, 4) is 0 Å². The molecule has 33 heavy (non-hydrogen) atoms. The van der Waals surface area contributed by atoms with E-state index in [2.05, 4.69) is 10.3 Å². The number of nitro groups is 1. The molecule has 1 aliphatic rings. The molecule has 2 rings (SSSR count). The monoisotopic (exact) mass is 466 g/mol. The number of nitro benzene ring substituents is 1. The Bertz CT molecular complexity index is 790. The lowest BCUT2D eigenvalue weighted by atomic mass is 9.94. The summed E-state index contributed by atoms with van der Waals surface area (Å²) in [4.78, 5) is 17.4. The molecule has 4 atom stereocenters. The minimum absolute atomic E-state index is 0.0398. The van der Waals surface area contributed by atoms with Gasteiger partial charge in [0.2, 0.25) is 0 Å². The standard InChI is InChI=1S/C23H38N4O6/c1-3-10-24-16(2)17-8-9-18(19(13-17)27(32)33)25-11-6-4-5-7-12-26-14-21(29)23(31)22(30)20(26)15-28/h8-9,13,20-23,25,28-31H,3-7,10-12,14-15H2,1-2H3/t20-,21+,22-,23-/m1/s1. The van der Waals surface area contributed by atoms with E-state index in [-0.39, 0.29) is 23.8 Å². The highest BCUT2D eigenvalue weighted by molar-refractivity contribution is 5.99. The molecular weight excluding hydrogens is 428 g/mol. The maximum absolute atomic E-state index is 11.5. The maximum Gasteiger partial charge on any atom is 0.292 e. The van der Waals surface area contributed by atoms with Crippen molar-refractivity contribution in [3.05, 3.63) is 33.9 Å². The summed E-state index contributed by atoms with van der Waals surface area (Å²) in [5.41, 5.74) is 2.08. The Balaban J connectivity index is 1.77. The highest BCUT2D eigenvalue weighted by Crippen LogP contribution is 2.26. The fourth-order valence-corrected chi connectivity index (χ4v) is 4.08. The summed E-state index contributed by atoms with van der Waals surface area (Å²) in [6.07, 6.45) is 0.941. The number of nitrogens with zero attached hydrogens (tertiary/aromatic N) is 3. The van der Waals surface area contributed by atoms with Crippen LogP contribution in [0.25, 0.3) is 0 Å². The summed E-state index contributed by atoms with van der Waals surface area (Å²) in [6, 6.07) is 4.56. The van der Waals surface area contributed by atoms with Gasteiger partial charge in [-0.25, -0.2) is 0 Å². The first-order valence-corrected chi connectivity index (χ1v) is 11.7. The second-order valence-corrected chi connectivity index (χ2v) is 8.59. The van der Waals surface area contributed by atoms with E-state index in [9.17, 15) is 30.5 Å². The summed E-state index contributed by atoms with van der Waals surface area (Å²) < 4.78 is 0. The topological polar surface area (TPSA) is 152 Å². The van der Waals surface area contributed by atoms with Gasteiger partial charge in [0.25, 0.3) is 5.69 Å². The van der Waals surface area contributed by atoms with Crippen molar-refractivity contribution >= 4 is 17.1 Å². The fourth-order valence-electron chi connectivity index (χ4n) is 4.08. The first kappa shape index (κ1) is 27.1. The Morgan fingerprint density at radius 3 is 2.61 bits per heavy atom. The number of piperidine rings is 1. The van der Waals surface area contributed by atoms with Gasteiger partial charge in [-0.15, -0.1) is 0 Å². The van der Waals surface area contributed by atoms with Crippen LogP contribution in [0, 0.1) is 10.1 Å².